The van der Waals surface area contributed by atoms with Crippen LogP contribution in [0, 0.1) is 22.6 Å². The van der Waals surface area contributed by atoms with E-state index in [0.717, 1.165) is 13.1 Å². The Hall–Kier alpha value is -1.56. The number of hydrogen-bond donors (Lipinski definition) is 0. The van der Waals surface area contributed by atoms with Crippen molar-refractivity contribution < 1.29 is 4.39 Å². The number of rotatable bonds is 1. The summed E-state index contributed by atoms with van der Waals surface area (Å²) in [6, 6.07) is 6.56. The molecular weight excluding hydrogens is 191 g/mol. The average Bonchev–Trinajstić information content (AvgIpc) is 2.14. The van der Waals surface area contributed by atoms with Gasteiger partial charge in [-0.25, -0.2) is 4.39 Å². The monoisotopic (exact) mass is 204 g/mol. The topological polar surface area (TPSA) is 27.0 Å². The van der Waals surface area contributed by atoms with E-state index in [1.165, 1.54) is 6.07 Å². The average molecular weight is 204 g/mol. The van der Waals surface area contributed by atoms with E-state index in [4.69, 9.17) is 5.26 Å². The molecule has 1 aromatic carbocycles. The lowest BCUT2D eigenvalue weighted by molar-refractivity contribution is 0.274. The van der Waals surface area contributed by atoms with Crippen molar-refractivity contribution in [3.63, 3.8) is 0 Å². The van der Waals surface area contributed by atoms with Crippen LogP contribution in [-0.4, -0.2) is 13.1 Å². The van der Waals surface area contributed by atoms with E-state index in [-0.39, 0.29) is 11.2 Å². The first kappa shape index (κ1) is 9.97. The van der Waals surface area contributed by atoms with E-state index in [0.29, 0.717) is 11.3 Å². The fourth-order valence-electron chi connectivity index (χ4n) is 1.99. The van der Waals surface area contributed by atoms with Crippen LogP contribution in [0.5, 0.6) is 0 Å². The molecule has 1 aliphatic rings. The Morgan fingerprint density at radius 3 is 2.53 bits per heavy atom. The predicted molar refractivity (Wildman–Crippen MR) is 57.1 cm³/mol. The molecule has 1 fully saturated rings. The maximum absolute atomic E-state index is 13.6. The lowest BCUT2D eigenvalue weighted by Gasteiger charge is -2.47. The lowest BCUT2D eigenvalue weighted by Crippen LogP contribution is -2.53. The van der Waals surface area contributed by atoms with Crippen LogP contribution in [0.1, 0.15) is 19.4 Å². The second kappa shape index (κ2) is 3.23. The Balaban J connectivity index is 2.21. The second-order valence-corrected chi connectivity index (χ2v) is 4.80. The molecule has 2 nitrogen and oxygen atoms in total. The molecule has 1 saturated heterocycles. The Morgan fingerprint density at radius 1 is 1.40 bits per heavy atom. The molecule has 0 spiro atoms. The normalized spacial score (nSPS) is 18.1. The summed E-state index contributed by atoms with van der Waals surface area (Å²) in [5, 5.41) is 8.62. The molecule has 0 radical (unpaired) electrons. The largest absolute Gasteiger partial charge is 0.368 e. The van der Waals surface area contributed by atoms with Gasteiger partial charge < -0.3 is 4.90 Å². The number of anilines is 1. The molecule has 2 rings (SSSR count). The summed E-state index contributed by atoms with van der Waals surface area (Å²) in [5.41, 5.74) is 1.25. The fraction of sp³-hybridized carbons (Fsp3) is 0.417. The minimum absolute atomic E-state index is 0.278. The highest BCUT2D eigenvalue weighted by molar-refractivity contribution is 5.53. The molecule has 0 N–H and O–H groups in total. The van der Waals surface area contributed by atoms with E-state index >= 15 is 0 Å². The van der Waals surface area contributed by atoms with E-state index in [1.807, 2.05) is 11.0 Å². The molecular formula is C12H13FN2. The standard InChI is InChI=1S/C12H13FN2/c1-12(2)7-15(8-12)11-4-3-9(6-14)5-10(11)13/h3-5H,7-8H2,1-2H3. The van der Waals surface area contributed by atoms with Gasteiger partial charge in [-0.3, -0.25) is 0 Å². The first-order chi connectivity index (χ1) is 7.02. The molecule has 78 valence electrons. The Morgan fingerprint density at radius 2 is 2.07 bits per heavy atom. The smallest absolute Gasteiger partial charge is 0.147 e. The number of hydrogen-bond acceptors (Lipinski definition) is 2. The quantitative estimate of drug-likeness (QED) is 0.703. The third kappa shape index (κ3) is 1.80. The lowest BCUT2D eigenvalue weighted by atomic mass is 9.84. The third-order valence-corrected chi connectivity index (χ3v) is 2.66. The van der Waals surface area contributed by atoms with Crippen molar-refractivity contribution >= 4 is 5.69 Å². The van der Waals surface area contributed by atoms with Crippen molar-refractivity contribution in [2.75, 3.05) is 18.0 Å². The molecule has 0 unspecified atom stereocenters. The van der Waals surface area contributed by atoms with E-state index < -0.39 is 0 Å². The van der Waals surface area contributed by atoms with Gasteiger partial charge in [0.25, 0.3) is 0 Å². The molecule has 15 heavy (non-hydrogen) atoms. The Kier molecular flexibility index (Phi) is 2.15. The molecule has 0 amide bonds. The van der Waals surface area contributed by atoms with Crippen LogP contribution in [0.3, 0.4) is 0 Å². The van der Waals surface area contributed by atoms with Gasteiger partial charge in [-0.15, -0.1) is 0 Å². The summed E-state index contributed by atoms with van der Waals surface area (Å²) < 4.78 is 13.6. The van der Waals surface area contributed by atoms with Crippen LogP contribution in [0.4, 0.5) is 10.1 Å². The molecule has 3 heteroatoms. The Bertz CT molecular complexity index is 424. The number of nitriles is 1. The van der Waals surface area contributed by atoms with Gasteiger partial charge in [-0.05, 0) is 23.6 Å². The maximum Gasteiger partial charge on any atom is 0.147 e. The maximum atomic E-state index is 13.6. The van der Waals surface area contributed by atoms with Crippen molar-refractivity contribution in [1.29, 1.82) is 5.26 Å². The molecule has 1 aliphatic heterocycles. The molecule has 0 aliphatic carbocycles. The third-order valence-electron chi connectivity index (χ3n) is 2.66. The highest BCUT2D eigenvalue weighted by atomic mass is 19.1. The first-order valence-corrected chi connectivity index (χ1v) is 4.96. The molecule has 0 saturated carbocycles. The van der Waals surface area contributed by atoms with Gasteiger partial charge in [0, 0.05) is 13.1 Å². The highest BCUT2D eigenvalue weighted by Gasteiger charge is 2.35. The van der Waals surface area contributed by atoms with E-state index in [1.54, 1.807) is 12.1 Å². The highest BCUT2D eigenvalue weighted by Crippen LogP contribution is 2.34. The molecule has 1 aromatic rings. The van der Waals surface area contributed by atoms with Gasteiger partial charge in [0.1, 0.15) is 5.82 Å². The zero-order valence-electron chi connectivity index (χ0n) is 8.92. The Labute approximate surface area is 88.9 Å². The van der Waals surface area contributed by atoms with Crippen LogP contribution in [-0.2, 0) is 0 Å². The zero-order chi connectivity index (χ0) is 11.1. The van der Waals surface area contributed by atoms with Gasteiger partial charge >= 0.3 is 0 Å². The molecule has 0 bridgehead atoms. The van der Waals surface area contributed by atoms with Crippen molar-refractivity contribution in [1.82, 2.24) is 0 Å². The second-order valence-electron chi connectivity index (χ2n) is 4.80. The van der Waals surface area contributed by atoms with Crippen molar-refractivity contribution in [3.8, 4) is 6.07 Å². The van der Waals surface area contributed by atoms with Gasteiger partial charge in [0.05, 0.1) is 17.3 Å². The number of halogens is 1. The summed E-state index contributed by atoms with van der Waals surface area (Å²) >= 11 is 0. The van der Waals surface area contributed by atoms with Crippen LogP contribution in [0.15, 0.2) is 18.2 Å². The minimum Gasteiger partial charge on any atom is -0.368 e. The minimum atomic E-state index is -0.301. The van der Waals surface area contributed by atoms with Gasteiger partial charge in [-0.1, -0.05) is 13.8 Å². The van der Waals surface area contributed by atoms with E-state index in [2.05, 4.69) is 13.8 Å². The van der Waals surface area contributed by atoms with Crippen LogP contribution in [0.25, 0.3) is 0 Å². The van der Waals surface area contributed by atoms with Gasteiger partial charge in [-0.2, -0.15) is 5.26 Å². The van der Waals surface area contributed by atoms with Crippen LogP contribution in [0.2, 0.25) is 0 Å². The van der Waals surface area contributed by atoms with Gasteiger partial charge in [0.15, 0.2) is 0 Å². The van der Waals surface area contributed by atoms with Crippen molar-refractivity contribution in [2.45, 2.75) is 13.8 Å². The summed E-state index contributed by atoms with van der Waals surface area (Å²) in [5.74, 6) is -0.301. The van der Waals surface area contributed by atoms with Crippen molar-refractivity contribution in [2.24, 2.45) is 5.41 Å². The van der Waals surface area contributed by atoms with Crippen LogP contribution < -0.4 is 4.90 Å². The number of benzene rings is 1. The van der Waals surface area contributed by atoms with Crippen molar-refractivity contribution in [3.05, 3.63) is 29.6 Å². The molecule has 0 atom stereocenters. The SMILES string of the molecule is CC1(C)CN(c2ccc(C#N)cc2F)C1. The van der Waals surface area contributed by atoms with E-state index in [9.17, 15) is 4.39 Å². The zero-order valence-corrected chi connectivity index (χ0v) is 8.92. The fourth-order valence-corrected chi connectivity index (χ4v) is 1.99. The number of nitrogens with zero attached hydrogens (tertiary/aromatic N) is 2. The summed E-state index contributed by atoms with van der Waals surface area (Å²) in [6.45, 7) is 6.06. The molecule has 0 aromatic heterocycles. The van der Waals surface area contributed by atoms with Crippen LogP contribution >= 0.6 is 0 Å². The summed E-state index contributed by atoms with van der Waals surface area (Å²) in [6.07, 6.45) is 0. The predicted octanol–water partition coefficient (Wildman–Crippen LogP) is 2.54. The summed E-state index contributed by atoms with van der Waals surface area (Å²) in [4.78, 5) is 2.00. The van der Waals surface area contributed by atoms with Gasteiger partial charge in [0.2, 0.25) is 0 Å². The molecule has 1 heterocycles. The first-order valence-electron chi connectivity index (χ1n) is 4.96. The summed E-state index contributed by atoms with van der Waals surface area (Å²) in [7, 11) is 0.